The largest absolute Gasteiger partial charge is 0.279 e. The van der Waals surface area contributed by atoms with E-state index in [2.05, 4.69) is 9.71 Å². The van der Waals surface area contributed by atoms with Gasteiger partial charge in [0.05, 0.1) is 5.69 Å². The van der Waals surface area contributed by atoms with Crippen LogP contribution < -0.4 is 4.72 Å². The maximum atomic E-state index is 11.9. The summed E-state index contributed by atoms with van der Waals surface area (Å²) >= 11 is 7.13. The summed E-state index contributed by atoms with van der Waals surface area (Å²) in [5.41, 5.74) is 0.518. The lowest BCUT2D eigenvalue weighted by atomic mass is 10.5. The molecular weight excluding hydrogens is 268 g/mol. The van der Waals surface area contributed by atoms with Crippen molar-refractivity contribution >= 4 is 38.6 Å². The molecule has 0 fully saturated rings. The van der Waals surface area contributed by atoms with Gasteiger partial charge >= 0.3 is 0 Å². The van der Waals surface area contributed by atoms with Crippen LogP contribution in [0.2, 0.25) is 5.15 Å². The summed E-state index contributed by atoms with van der Waals surface area (Å²) in [6.07, 6.45) is 1.44. The number of halogens is 1. The molecule has 0 aliphatic carbocycles. The van der Waals surface area contributed by atoms with E-state index in [4.69, 9.17) is 11.6 Å². The second-order valence-corrected chi connectivity index (χ2v) is 5.70. The number of nitrogens with one attached hydrogen (secondary N) is 1. The van der Waals surface area contributed by atoms with Crippen LogP contribution >= 0.6 is 22.9 Å². The topological polar surface area (TPSA) is 59.1 Å². The molecule has 0 bridgehead atoms. The molecule has 2 aromatic heterocycles. The van der Waals surface area contributed by atoms with Gasteiger partial charge in [0.1, 0.15) is 10.0 Å². The number of hydrogen-bond acceptors (Lipinski definition) is 4. The second-order valence-electron chi connectivity index (χ2n) is 2.91. The van der Waals surface area contributed by atoms with Crippen molar-refractivity contribution in [1.82, 2.24) is 4.98 Å². The molecule has 0 aliphatic rings. The summed E-state index contributed by atoms with van der Waals surface area (Å²) in [4.78, 5) is 3.70. The van der Waals surface area contributed by atoms with Crippen LogP contribution in [0.4, 0.5) is 5.69 Å². The molecule has 16 heavy (non-hydrogen) atoms. The summed E-state index contributed by atoms with van der Waals surface area (Å²) in [5.74, 6) is 0. The maximum absolute atomic E-state index is 11.9. The number of thiophene rings is 1. The zero-order valence-corrected chi connectivity index (χ0v) is 10.3. The number of nitrogens with zero attached hydrogens (tertiary/aromatic N) is 1. The average Bonchev–Trinajstić information content (AvgIpc) is 2.70. The Morgan fingerprint density at radius 1 is 1.38 bits per heavy atom. The number of aromatic nitrogens is 1. The van der Waals surface area contributed by atoms with E-state index >= 15 is 0 Å². The first-order chi connectivity index (χ1) is 7.59. The quantitative estimate of drug-likeness (QED) is 0.875. The Bertz CT molecular complexity index is 581. The van der Waals surface area contributed by atoms with E-state index in [0.29, 0.717) is 5.69 Å². The van der Waals surface area contributed by atoms with Gasteiger partial charge in [-0.1, -0.05) is 11.6 Å². The zero-order valence-electron chi connectivity index (χ0n) is 7.92. The van der Waals surface area contributed by atoms with Crippen LogP contribution in [0.3, 0.4) is 0 Å². The van der Waals surface area contributed by atoms with Gasteiger partial charge in [-0.2, -0.15) is 11.3 Å². The Kier molecular flexibility index (Phi) is 3.13. The van der Waals surface area contributed by atoms with Gasteiger partial charge in [-0.3, -0.25) is 4.72 Å². The average molecular weight is 275 g/mol. The van der Waals surface area contributed by atoms with Crippen molar-refractivity contribution in [2.24, 2.45) is 0 Å². The smallest absolute Gasteiger partial charge is 0.264 e. The Labute approximate surface area is 102 Å². The fraction of sp³-hybridized carbons (Fsp3) is 0. The molecule has 0 aromatic carbocycles. The van der Waals surface area contributed by atoms with E-state index in [0.717, 1.165) is 0 Å². The van der Waals surface area contributed by atoms with Crippen molar-refractivity contribution in [3.63, 3.8) is 0 Å². The molecule has 0 amide bonds. The number of hydrogen-bond donors (Lipinski definition) is 1. The van der Waals surface area contributed by atoms with Crippen molar-refractivity contribution in [3.8, 4) is 0 Å². The van der Waals surface area contributed by atoms with Crippen molar-refractivity contribution in [1.29, 1.82) is 0 Å². The van der Waals surface area contributed by atoms with E-state index in [1.54, 1.807) is 16.8 Å². The maximum Gasteiger partial charge on any atom is 0.264 e. The summed E-state index contributed by atoms with van der Waals surface area (Å²) in [7, 11) is -3.65. The molecule has 84 valence electrons. The Balaban J connectivity index is 2.37. The van der Waals surface area contributed by atoms with Crippen LogP contribution in [0.25, 0.3) is 0 Å². The van der Waals surface area contributed by atoms with Gasteiger partial charge < -0.3 is 0 Å². The molecule has 2 aromatic rings. The molecule has 4 nitrogen and oxygen atoms in total. The SMILES string of the molecule is O=S(=O)(Nc1ccsc1)c1cccnc1Cl. The lowest BCUT2D eigenvalue weighted by molar-refractivity contribution is 0.601. The van der Waals surface area contributed by atoms with Crippen molar-refractivity contribution in [2.45, 2.75) is 4.90 Å². The minimum absolute atomic E-state index is 0.0251. The molecule has 0 atom stereocenters. The highest BCUT2D eigenvalue weighted by atomic mass is 35.5. The molecular formula is C9H7ClN2O2S2. The molecule has 0 saturated heterocycles. The Morgan fingerprint density at radius 2 is 2.19 bits per heavy atom. The fourth-order valence-corrected chi connectivity index (χ4v) is 3.27. The van der Waals surface area contributed by atoms with Gasteiger partial charge in [-0.05, 0) is 23.6 Å². The summed E-state index contributed by atoms with van der Waals surface area (Å²) in [5, 5.41) is 3.44. The summed E-state index contributed by atoms with van der Waals surface area (Å²) in [6.45, 7) is 0. The number of sulfonamides is 1. The molecule has 0 unspecified atom stereocenters. The lowest BCUT2D eigenvalue weighted by Crippen LogP contribution is -2.13. The summed E-state index contributed by atoms with van der Waals surface area (Å²) < 4.78 is 26.2. The summed E-state index contributed by atoms with van der Waals surface area (Å²) in [6, 6.07) is 4.60. The van der Waals surface area contributed by atoms with Crippen molar-refractivity contribution in [3.05, 3.63) is 40.3 Å². The van der Waals surface area contributed by atoms with E-state index in [9.17, 15) is 8.42 Å². The normalized spacial score (nSPS) is 11.3. The minimum atomic E-state index is -3.65. The van der Waals surface area contributed by atoms with Gasteiger partial charge in [0.25, 0.3) is 10.0 Å². The predicted molar refractivity (Wildman–Crippen MR) is 64.4 cm³/mol. The molecule has 0 radical (unpaired) electrons. The third kappa shape index (κ3) is 2.34. The van der Waals surface area contributed by atoms with Crippen molar-refractivity contribution in [2.75, 3.05) is 4.72 Å². The Hall–Kier alpha value is -1.11. The standard InChI is InChI=1S/C9H7ClN2O2S2/c10-9-8(2-1-4-11-9)16(13,14)12-7-3-5-15-6-7/h1-6,12H. The van der Waals surface area contributed by atoms with Crippen LogP contribution in [-0.4, -0.2) is 13.4 Å². The zero-order chi connectivity index (χ0) is 11.6. The second kappa shape index (κ2) is 4.40. The first kappa shape index (κ1) is 11.4. The number of pyridine rings is 1. The Morgan fingerprint density at radius 3 is 2.81 bits per heavy atom. The van der Waals surface area contributed by atoms with Gasteiger partial charge in [0.15, 0.2) is 0 Å². The van der Waals surface area contributed by atoms with Gasteiger partial charge in [0.2, 0.25) is 0 Å². The van der Waals surface area contributed by atoms with E-state index in [-0.39, 0.29) is 10.0 Å². The molecule has 2 heterocycles. The van der Waals surface area contributed by atoms with Crippen LogP contribution in [0.1, 0.15) is 0 Å². The highest BCUT2D eigenvalue weighted by Crippen LogP contribution is 2.22. The van der Waals surface area contributed by atoms with Crippen LogP contribution in [0.15, 0.2) is 40.1 Å². The monoisotopic (exact) mass is 274 g/mol. The molecule has 2 rings (SSSR count). The van der Waals surface area contributed by atoms with Crippen LogP contribution in [0, 0.1) is 0 Å². The molecule has 1 N–H and O–H groups in total. The number of anilines is 1. The van der Waals surface area contributed by atoms with Gasteiger partial charge in [0, 0.05) is 11.6 Å². The van der Waals surface area contributed by atoms with Crippen LogP contribution in [-0.2, 0) is 10.0 Å². The highest BCUT2D eigenvalue weighted by molar-refractivity contribution is 7.92. The third-order valence-corrected chi connectivity index (χ3v) is 4.30. The first-order valence-electron chi connectivity index (χ1n) is 4.25. The van der Waals surface area contributed by atoms with E-state index < -0.39 is 10.0 Å². The first-order valence-corrected chi connectivity index (χ1v) is 7.05. The molecule has 0 saturated carbocycles. The van der Waals surface area contributed by atoms with Crippen LogP contribution in [0.5, 0.6) is 0 Å². The minimum Gasteiger partial charge on any atom is -0.279 e. The fourth-order valence-electron chi connectivity index (χ4n) is 1.10. The molecule has 7 heteroatoms. The molecule has 0 spiro atoms. The molecule has 0 aliphatic heterocycles. The van der Waals surface area contributed by atoms with Crippen molar-refractivity contribution < 1.29 is 8.42 Å². The third-order valence-electron chi connectivity index (χ3n) is 1.79. The highest BCUT2D eigenvalue weighted by Gasteiger charge is 2.18. The van der Waals surface area contributed by atoms with Gasteiger partial charge in [-0.15, -0.1) is 0 Å². The van der Waals surface area contributed by atoms with Gasteiger partial charge in [-0.25, -0.2) is 13.4 Å². The lowest BCUT2D eigenvalue weighted by Gasteiger charge is -2.06. The van der Waals surface area contributed by atoms with E-state index in [1.165, 1.54) is 29.7 Å². The number of rotatable bonds is 3. The van der Waals surface area contributed by atoms with E-state index in [1.807, 2.05) is 0 Å². The predicted octanol–water partition coefficient (Wildman–Crippen LogP) is 2.60.